The molecule has 0 radical (unpaired) electrons. The molecule has 0 aliphatic carbocycles. The highest BCUT2D eigenvalue weighted by Gasteiger charge is 2.36. The fourth-order valence-corrected chi connectivity index (χ4v) is 4.40. The smallest absolute Gasteiger partial charge is 0.328 e. The van der Waals surface area contributed by atoms with Crippen molar-refractivity contribution in [3.63, 3.8) is 0 Å². The molecule has 9 heteroatoms. The van der Waals surface area contributed by atoms with Crippen LogP contribution in [-0.4, -0.2) is 37.3 Å². The van der Waals surface area contributed by atoms with Crippen LogP contribution in [0.1, 0.15) is 30.6 Å². The number of fused-ring (bicyclic) bond motifs is 1. The lowest BCUT2D eigenvalue weighted by molar-refractivity contribution is -0.142. The molecular formula is C19H19FN4O3S. The zero-order chi connectivity index (χ0) is 19.8. The van der Waals surface area contributed by atoms with Crippen molar-refractivity contribution < 1.29 is 14.3 Å². The zero-order valence-electron chi connectivity index (χ0n) is 15.2. The second kappa shape index (κ2) is 7.31. The van der Waals surface area contributed by atoms with Crippen LogP contribution in [0.15, 0.2) is 46.3 Å². The van der Waals surface area contributed by atoms with E-state index in [2.05, 4.69) is 4.99 Å². The predicted octanol–water partition coefficient (Wildman–Crippen LogP) is 3.05. The van der Waals surface area contributed by atoms with E-state index in [9.17, 15) is 19.1 Å². The minimum atomic E-state index is -1.03. The summed E-state index contributed by atoms with van der Waals surface area (Å²) in [5.74, 6) is -1.42. The maximum absolute atomic E-state index is 13.5. The van der Waals surface area contributed by atoms with E-state index in [1.54, 1.807) is 29.4 Å². The second-order valence-corrected chi connectivity index (χ2v) is 7.42. The average molecular weight is 402 g/mol. The fourth-order valence-electron chi connectivity index (χ4n) is 3.85. The number of halogens is 1. The number of aliphatic imine (C=N–C) groups is 1. The number of aromatic nitrogens is 2. The van der Waals surface area contributed by atoms with Gasteiger partial charge >= 0.3 is 5.97 Å². The van der Waals surface area contributed by atoms with Crippen LogP contribution in [0.25, 0.3) is 11.1 Å². The predicted molar refractivity (Wildman–Crippen MR) is 106 cm³/mol. The zero-order valence-corrected chi connectivity index (χ0v) is 16.0. The molecule has 0 saturated heterocycles. The Hall–Kier alpha value is -2.81. The lowest BCUT2D eigenvalue weighted by Crippen LogP contribution is -2.37. The van der Waals surface area contributed by atoms with Crippen molar-refractivity contribution in [2.75, 3.05) is 6.26 Å². The van der Waals surface area contributed by atoms with Crippen LogP contribution in [0.5, 0.6) is 0 Å². The standard InChI is InChI=1S/C19H19FN4O3S/c1-28-23-11-21-9-8-14(23)17-16(12-4-6-13(20)7-5-12)18(25)24-15(19(26)27)3-2-10-22(17)24/h4-9,11,14-15H,2-3,10H2,1H3,(H,26,27). The minimum absolute atomic E-state index is 0.297. The minimum Gasteiger partial charge on any atom is -0.480 e. The van der Waals surface area contributed by atoms with Crippen LogP contribution in [-0.2, 0) is 11.3 Å². The molecule has 2 aliphatic rings. The van der Waals surface area contributed by atoms with Crippen molar-refractivity contribution >= 4 is 24.3 Å². The van der Waals surface area contributed by atoms with Gasteiger partial charge in [0.25, 0.3) is 5.56 Å². The van der Waals surface area contributed by atoms with Gasteiger partial charge in [0, 0.05) is 19.0 Å². The molecular weight excluding hydrogens is 383 g/mol. The van der Waals surface area contributed by atoms with Gasteiger partial charge in [-0.05, 0) is 36.6 Å². The Labute approximate surface area is 164 Å². The first-order valence-corrected chi connectivity index (χ1v) is 10.1. The summed E-state index contributed by atoms with van der Waals surface area (Å²) in [4.78, 5) is 29.3. The van der Waals surface area contributed by atoms with Gasteiger partial charge in [0.2, 0.25) is 0 Å². The van der Waals surface area contributed by atoms with Crippen molar-refractivity contribution in [1.29, 1.82) is 0 Å². The van der Waals surface area contributed by atoms with E-state index in [-0.39, 0.29) is 11.6 Å². The number of hydrogen-bond donors (Lipinski definition) is 1. The first-order chi connectivity index (χ1) is 13.5. The summed E-state index contributed by atoms with van der Waals surface area (Å²) in [6.07, 6.45) is 8.17. The molecule has 0 fully saturated rings. The van der Waals surface area contributed by atoms with Crippen molar-refractivity contribution in [3.8, 4) is 11.1 Å². The van der Waals surface area contributed by atoms with E-state index in [1.165, 1.54) is 28.8 Å². The highest BCUT2D eigenvalue weighted by atomic mass is 32.2. The van der Waals surface area contributed by atoms with Gasteiger partial charge in [-0.2, -0.15) is 0 Å². The Bertz CT molecular complexity index is 1030. The number of rotatable bonds is 4. The SMILES string of the molecule is CSN1C=NC=CC1c1c(-c2ccc(F)cc2)c(=O)n2n1CCCC2C(=O)O. The fraction of sp³-hybridized carbons (Fsp3) is 0.316. The summed E-state index contributed by atoms with van der Waals surface area (Å²) in [5.41, 5.74) is 1.29. The van der Waals surface area contributed by atoms with Crippen molar-refractivity contribution in [2.24, 2.45) is 4.99 Å². The highest BCUT2D eigenvalue weighted by molar-refractivity contribution is 7.96. The van der Waals surface area contributed by atoms with E-state index in [0.717, 1.165) is 0 Å². The number of hydrogen-bond acceptors (Lipinski definition) is 5. The number of aliphatic carboxylic acids is 1. The molecule has 4 rings (SSSR count). The van der Waals surface area contributed by atoms with Crippen molar-refractivity contribution in [2.45, 2.75) is 31.5 Å². The number of carboxylic acid groups (broad SMARTS) is 1. The van der Waals surface area contributed by atoms with Gasteiger partial charge in [0.15, 0.2) is 6.04 Å². The van der Waals surface area contributed by atoms with Gasteiger partial charge in [-0.25, -0.2) is 18.9 Å². The van der Waals surface area contributed by atoms with E-state index in [1.807, 2.05) is 16.6 Å². The van der Waals surface area contributed by atoms with Crippen LogP contribution in [0, 0.1) is 5.82 Å². The van der Waals surface area contributed by atoms with Crippen LogP contribution in [0.2, 0.25) is 0 Å². The van der Waals surface area contributed by atoms with Crippen LogP contribution >= 0.6 is 11.9 Å². The molecule has 1 aromatic heterocycles. The molecule has 1 N–H and O–H groups in total. The number of carbonyl (C=O) groups is 1. The molecule has 3 heterocycles. The Kier molecular flexibility index (Phi) is 4.84. The first-order valence-electron chi connectivity index (χ1n) is 8.89. The molecule has 2 unspecified atom stereocenters. The summed E-state index contributed by atoms with van der Waals surface area (Å²) in [6.45, 7) is 0.541. The average Bonchev–Trinajstić information content (AvgIpc) is 3.01. The van der Waals surface area contributed by atoms with Gasteiger partial charge in [-0.1, -0.05) is 24.1 Å². The lowest BCUT2D eigenvalue weighted by Gasteiger charge is -2.31. The highest BCUT2D eigenvalue weighted by Crippen LogP contribution is 2.36. The molecule has 0 bridgehead atoms. The third-order valence-corrected chi connectivity index (χ3v) is 5.82. The van der Waals surface area contributed by atoms with Gasteiger partial charge in [-0.15, -0.1) is 0 Å². The quantitative estimate of drug-likeness (QED) is 0.795. The van der Waals surface area contributed by atoms with Crippen LogP contribution in [0.3, 0.4) is 0 Å². The molecule has 0 saturated carbocycles. The van der Waals surface area contributed by atoms with Gasteiger partial charge in [-0.3, -0.25) is 13.8 Å². The molecule has 2 aliphatic heterocycles. The Balaban J connectivity index is 2.00. The topological polar surface area (TPSA) is 79.8 Å². The van der Waals surface area contributed by atoms with Crippen LogP contribution < -0.4 is 5.56 Å². The van der Waals surface area contributed by atoms with Gasteiger partial charge in [0.1, 0.15) is 18.2 Å². The molecule has 2 atom stereocenters. The normalized spacial score (nSPS) is 21.0. The summed E-state index contributed by atoms with van der Waals surface area (Å²) in [7, 11) is 0. The molecule has 146 valence electrons. The molecule has 7 nitrogen and oxygen atoms in total. The van der Waals surface area contributed by atoms with Gasteiger partial charge < -0.3 is 5.11 Å². The summed E-state index contributed by atoms with van der Waals surface area (Å²) in [6, 6.07) is 4.51. The Morgan fingerprint density at radius 3 is 2.75 bits per heavy atom. The summed E-state index contributed by atoms with van der Waals surface area (Å²) >= 11 is 1.45. The van der Waals surface area contributed by atoms with Crippen LogP contribution in [0.4, 0.5) is 4.39 Å². The first kappa shape index (κ1) is 18.5. The largest absolute Gasteiger partial charge is 0.480 e. The van der Waals surface area contributed by atoms with E-state index < -0.39 is 17.8 Å². The van der Waals surface area contributed by atoms with E-state index in [0.29, 0.717) is 36.2 Å². The third-order valence-electron chi connectivity index (χ3n) is 5.08. The maximum atomic E-state index is 13.5. The second-order valence-electron chi connectivity index (χ2n) is 6.63. The molecule has 0 spiro atoms. The molecule has 1 aromatic carbocycles. The van der Waals surface area contributed by atoms with E-state index in [4.69, 9.17) is 0 Å². The third kappa shape index (κ3) is 2.95. The number of benzene rings is 1. The van der Waals surface area contributed by atoms with Crippen molar-refractivity contribution in [1.82, 2.24) is 13.7 Å². The molecule has 28 heavy (non-hydrogen) atoms. The number of carboxylic acids is 1. The molecule has 2 aromatic rings. The van der Waals surface area contributed by atoms with Gasteiger partial charge in [0.05, 0.1) is 11.3 Å². The van der Waals surface area contributed by atoms with Crippen molar-refractivity contribution in [3.05, 3.63) is 58.4 Å². The summed E-state index contributed by atoms with van der Waals surface area (Å²) in [5, 5.41) is 9.65. The Morgan fingerprint density at radius 2 is 2.07 bits per heavy atom. The summed E-state index contributed by atoms with van der Waals surface area (Å²) < 4.78 is 18.5. The van der Waals surface area contributed by atoms with E-state index >= 15 is 0 Å². The monoisotopic (exact) mass is 402 g/mol. The Morgan fingerprint density at radius 1 is 1.32 bits per heavy atom. The maximum Gasteiger partial charge on any atom is 0.328 e. The molecule has 0 amide bonds. The lowest BCUT2D eigenvalue weighted by atomic mass is 10.0. The number of nitrogens with zero attached hydrogens (tertiary/aromatic N) is 4.